The van der Waals surface area contributed by atoms with Crippen LogP contribution in [0.3, 0.4) is 0 Å². The Morgan fingerprint density at radius 2 is 2.13 bits per heavy atom. The summed E-state index contributed by atoms with van der Waals surface area (Å²) >= 11 is 6.21. The number of carbonyl (C=O) groups is 1. The Bertz CT molecular complexity index is 993. The van der Waals surface area contributed by atoms with Crippen molar-refractivity contribution >= 4 is 29.1 Å². The smallest absolute Gasteiger partial charge is 0.311 e. The van der Waals surface area contributed by atoms with Crippen LogP contribution in [0.1, 0.15) is 32.3 Å². The van der Waals surface area contributed by atoms with Crippen LogP contribution in [-0.2, 0) is 4.79 Å². The van der Waals surface area contributed by atoms with Crippen LogP contribution in [0.25, 0.3) is 0 Å². The van der Waals surface area contributed by atoms with Gasteiger partial charge in [-0.1, -0.05) is 37.1 Å². The van der Waals surface area contributed by atoms with E-state index in [2.05, 4.69) is 10.2 Å². The number of aliphatic imine (C=N–C) groups is 1. The fourth-order valence-electron chi connectivity index (χ4n) is 4.26. The monoisotopic (exact) mass is 427 g/mol. The van der Waals surface area contributed by atoms with Gasteiger partial charge in [0.1, 0.15) is 17.3 Å². The standard InChI is InChI=1S/C23H26ClN3O3/c1-3-10-23(2,22(28)29)20-14-27(12-11-25-20)21-16-6-4-5-7-18(16)30-19-9-8-15(24)13-17(19)26-21/h4-9,13,20,25H,3,10-12,14H2,1-2H3,(H,28,29). The second-order valence-corrected chi connectivity index (χ2v) is 8.51. The van der Waals surface area contributed by atoms with Gasteiger partial charge in [0.15, 0.2) is 5.75 Å². The van der Waals surface area contributed by atoms with Crippen LogP contribution >= 0.6 is 11.6 Å². The van der Waals surface area contributed by atoms with E-state index in [1.807, 2.05) is 44.2 Å². The zero-order valence-electron chi connectivity index (χ0n) is 17.2. The summed E-state index contributed by atoms with van der Waals surface area (Å²) < 4.78 is 6.14. The normalized spacial score (nSPS) is 20.2. The number of ether oxygens (including phenoxy) is 1. The molecule has 30 heavy (non-hydrogen) atoms. The lowest BCUT2D eigenvalue weighted by atomic mass is 9.77. The number of aliphatic carboxylic acids is 1. The fraction of sp³-hybridized carbons (Fsp3) is 0.391. The third kappa shape index (κ3) is 3.77. The molecule has 7 heteroatoms. The molecule has 2 unspecified atom stereocenters. The van der Waals surface area contributed by atoms with Gasteiger partial charge >= 0.3 is 5.97 Å². The molecule has 2 atom stereocenters. The number of nitrogens with zero attached hydrogens (tertiary/aromatic N) is 2. The van der Waals surface area contributed by atoms with Crippen LogP contribution in [0, 0.1) is 5.41 Å². The van der Waals surface area contributed by atoms with Crippen LogP contribution in [0.2, 0.25) is 5.02 Å². The molecule has 4 rings (SSSR count). The van der Waals surface area contributed by atoms with E-state index in [9.17, 15) is 9.90 Å². The molecule has 0 saturated carbocycles. The lowest BCUT2D eigenvalue weighted by Crippen LogP contribution is -2.60. The fourth-order valence-corrected chi connectivity index (χ4v) is 4.42. The molecule has 0 aromatic heterocycles. The Balaban J connectivity index is 1.75. The van der Waals surface area contributed by atoms with Gasteiger partial charge < -0.3 is 20.1 Å². The van der Waals surface area contributed by atoms with Crippen molar-refractivity contribution in [2.75, 3.05) is 19.6 Å². The van der Waals surface area contributed by atoms with Gasteiger partial charge in [0, 0.05) is 30.7 Å². The summed E-state index contributed by atoms with van der Waals surface area (Å²) in [4.78, 5) is 19.2. The first-order valence-corrected chi connectivity index (χ1v) is 10.7. The first-order chi connectivity index (χ1) is 14.4. The SMILES string of the molecule is CCCC(C)(C(=O)O)C1CN(C2=Nc3cc(Cl)ccc3Oc3ccccc32)CCN1. The Morgan fingerprint density at radius 3 is 2.90 bits per heavy atom. The molecule has 0 radical (unpaired) electrons. The molecule has 6 nitrogen and oxygen atoms in total. The first kappa shape index (κ1) is 20.7. The molecule has 1 fully saturated rings. The Kier molecular flexibility index (Phi) is 5.71. The van der Waals surface area contributed by atoms with Gasteiger partial charge in [0.2, 0.25) is 0 Å². The first-order valence-electron chi connectivity index (χ1n) is 10.3. The van der Waals surface area contributed by atoms with Crippen molar-refractivity contribution in [3.05, 3.63) is 53.1 Å². The molecule has 0 amide bonds. The van der Waals surface area contributed by atoms with E-state index in [4.69, 9.17) is 21.3 Å². The molecule has 2 aromatic rings. The average molecular weight is 428 g/mol. The summed E-state index contributed by atoms with van der Waals surface area (Å²) in [6, 6.07) is 13.0. The number of benzene rings is 2. The quantitative estimate of drug-likeness (QED) is 0.740. The summed E-state index contributed by atoms with van der Waals surface area (Å²) in [5.41, 5.74) is 0.701. The minimum absolute atomic E-state index is 0.193. The largest absolute Gasteiger partial charge is 0.481 e. The van der Waals surface area contributed by atoms with Gasteiger partial charge in [-0.05, 0) is 43.7 Å². The van der Waals surface area contributed by atoms with Crippen LogP contribution < -0.4 is 10.1 Å². The molecule has 2 aromatic carbocycles. The molecule has 158 valence electrons. The number of rotatable bonds is 4. The van der Waals surface area contributed by atoms with Gasteiger partial charge in [-0.15, -0.1) is 0 Å². The van der Waals surface area contributed by atoms with E-state index in [-0.39, 0.29) is 6.04 Å². The van der Waals surface area contributed by atoms with E-state index < -0.39 is 11.4 Å². The second-order valence-electron chi connectivity index (χ2n) is 8.07. The highest BCUT2D eigenvalue weighted by Crippen LogP contribution is 2.40. The zero-order valence-corrected chi connectivity index (χ0v) is 17.9. The molecule has 2 aliphatic rings. The number of halogens is 1. The van der Waals surface area contributed by atoms with Crippen molar-refractivity contribution in [1.29, 1.82) is 0 Å². The predicted octanol–water partition coefficient (Wildman–Crippen LogP) is 4.69. The van der Waals surface area contributed by atoms with Crippen molar-refractivity contribution in [2.24, 2.45) is 10.4 Å². The van der Waals surface area contributed by atoms with Gasteiger partial charge in [-0.3, -0.25) is 4.79 Å². The predicted molar refractivity (Wildman–Crippen MR) is 118 cm³/mol. The highest BCUT2D eigenvalue weighted by atomic mass is 35.5. The second kappa shape index (κ2) is 8.28. The summed E-state index contributed by atoms with van der Waals surface area (Å²) in [6.45, 7) is 5.81. The highest BCUT2D eigenvalue weighted by molar-refractivity contribution is 6.31. The Morgan fingerprint density at radius 1 is 1.33 bits per heavy atom. The molecule has 0 bridgehead atoms. The molecular weight excluding hydrogens is 402 g/mol. The number of amidine groups is 1. The molecule has 2 aliphatic heterocycles. The van der Waals surface area contributed by atoms with Gasteiger partial charge in [0.25, 0.3) is 0 Å². The number of hydrogen-bond acceptors (Lipinski definition) is 5. The number of hydrogen-bond donors (Lipinski definition) is 2. The average Bonchev–Trinajstić information content (AvgIpc) is 2.90. The maximum atomic E-state index is 12.1. The minimum Gasteiger partial charge on any atom is -0.481 e. The summed E-state index contributed by atoms with van der Waals surface area (Å²) in [7, 11) is 0. The molecule has 1 saturated heterocycles. The summed E-state index contributed by atoms with van der Waals surface area (Å²) in [6.07, 6.45) is 1.42. The van der Waals surface area contributed by atoms with Crippen LogP contribution in [0.5, 0.6) is 11.5 Å². The molecular formula is C23H26ClN3O3. The summed E-state index contributed by atoms with van der Waals surface area (Å²) in [5, 5.41) is 14.0. The molecule has 2 N–H and O–H groups in total. The van der Waals surface area contributed by atoms with Gasteiger partial charge in [-0.25, -0.2) is 4.99 Å². The summed E-state index contributed by atoms with van der Waals surface area (Å²) in [5.74, 6) is 1.38. The lowest BCUT2D eigenvalue weighted by Gasteiger charge is -2.42. The van der Waals surface area contributed by atoms with Crippen molar-refractivity contribution < 1.29 is 14.6 Å². The van der Waals surface area contributed by atoms with Gasteiger partial charge in [0.05, 0.1) is 11.0 Å². The number of nitrogens with one attached hydrogen (secondary N) is 1. The molecule has 0 spiro atoms. The van der Waals surface area contributed by atoms with Crippen molar-refractivity contribution in [3.8, 4) is 11.5 Å². The topological polar surface area (TPSA) is 74.2 Å². The third-order valence-corrected chi connectivity index (χ3v) is 6.23. The molecule has 0 aliphatic carbocycles. The number of carboxylic acid groups (broad SMARTS) is 1. The van der Waals surface area contributed by atoms with E-state index in [0.717, 1.165) is 30.1 Å². The maximum absolute atomic E-state index is 12.1. The number of piperazine rings is 1. The third-order valence-electron chi connectivity index (χ3n) is 6.00. The van der Waals surface area contributed by atoms with Gasteiger partial charge in [-0.2, -0.15) is 0 Å². The number of para-hydroxylation sites is 1. The van der Waals surface area contributed by atoms with Crippen LogP contribution in [-0.4, -0.2) is 47.5 Å². The highest BCUT2D eigenvalue weighted by Gasteiger charge is 2.43. The minimum atomic E-state index is -0.851. The van der Waals surface area contributed by atoms with Crippen molar-refractivity contribution in [2.45, 2.75) is 32.7 Å². The van der Waals surface area contributed by atoms with Crippen molar-refractivity contribution in [1.82, 2.24) is 10.2 Å². The maximum Gasteiger partial charge on any atom is 0.311 e. The number of fused-ring (bicyclic) bond motifs is 2. The van der Waals surface area contributed by atoms with E-state index in [1.165, 1.54) is 0 Å². The Labute approximate surface area is 181 Å². The van der Waals surface area contributed by atoms with Crippen molar-refractivity contribution in [3.63, 3.8) is 0 Å². The van der Waals surface area contributed by atoms with E-state index in [1.54, 1.807) is 12.1 Å². The van der Waals surface area contributed by atoms with E-state index >= 15 is 0 Å². The molecule has 2 heterocycles. The van der Waals surface area contributed by atoms with Crippen LogP contribution in [0.4, 0.5) is 5.69 Å². The number of carboxylic acids is 1. The Hall–Kier alpha value is -2.57. The zero-order chi connectivity index (χ0) is 21.3. The lowest BCUT2D eigenvalue weighted by molar-refractivity contribution is -0.151. The van der Waals surface area contributed by atoms with Crippen LogP contribution in [0.15, 0.2) is 47.5 Å². The van der Waals surface area contributed by atoms with E-state index in [0.29, 0.717) is 36.0 Å².